The largest absolute Gasteiger partial charge is 0.508 e. The summed E-state index contributed by atoms with van der Waals surface area (Å²) in [5.41, 5.74) is 1.48. The standard InChI is InChI=1S/C10H13N.C6H5FO.C5H9NO/c1-2-4-9(5-3-1)10-6-7-11-8-10;7-5-1-3-6(8)4-2-5;7-4-6-5-2-1-3-5/h1-5,10-11H,6-8H2;1-4,8H;4-5H,1-3H2,(H,6,7). The van der Waals surface area contributed by atoms with Gasteiger partial charge in [0.25, 0.3) is 0 Å². The molecule has 2 aromatic carbocycles. The fourth-order valence-corrected chi connectivity index (χ4v) is 2.78. The van der Waals surface area contributed by atoms with E-state index < -0.39 is 0 Å². The Morgan fingerprint density at radius 1 is 1.04 bits per heavy atom. The number of halogens is 1. The third kappa shape index (κ3) is 7.23. The van der Waals surface area contributed by atoms with Gasteiger partial charge in [0, 0.05) is 12.6 Å². The lowest BCUT2D eigenvalue weighted by molar-refractivity contribution is -0.110. The Hall–Kier alpha value is -2.40. The average molecular weight is 358 g/mol. The summed E-state index contributed by atoms with van der Waals surface area (Å²) in [6.45, 7) is 2.34. The van der Waals surface area contributed by atoms with E-state index in [9.17, 15) is 9.18 Å². The SMILES string of the molecule is O=CNC1CCC1.Oc1ccc(F)cc1.c1ccc(C2CCNC2)cc1. The lowest BCUT2D eigenvalue weighted by atomic mass is 9.94. The summed E-state index contributed by atoms with van der Waals surface area (Å²) in [6, 6.07) is 16.3. The molecule has 1 heterocycles. The number of benzene rings is 2. The molecular formula is C21H27FN2O2. The molecule has 140 valence electrons. The van der Waals surface area contributed by atoms with Crippen molar-refractivity contribution in [2.45, 2.75) is 37.6 Å². The predicted molar refractivity (Wildman–Crippen MR) is 102 cm³/mol. The zero-order valence-electron chi connectivity index (χ0n) is 14.9. The van der Waals surface area contributed by atoms with E-state index in [-0.39, 0.29) is 11.6 Å². The first-order chi connectivity index (χ1) is 12.7. The van der Waals surface area contributed by atoms with Gasteiger partial charge in [0.2, 0.25) is 6.41 Å². The number of carbonyl (C=O) groups is 1. The van der Waals surface area contributed by atoms with Crippen LogP contribution in [0, 0.1) is 5.82 Å². The molecule has 1 saturated heterocycles. The summed E-state index contributed by atoms with van der Waals surface area (Å²) < 4.78 is 12.0. The molecule has 5 heteroatoms. The van der Waals surface area contributed by atoms with Crippen LogP contribution in [-0.2, 0) is 4.79 Å². The molecule has 0 radical (unpaired) electrons. The molecule has 1 amide bonds. The molecule has 2 fully saturated rings. The summed E-state index contributed by atoms with van der Waals surface area (Å²) in [7, 11) is 0. The van der Waals surface area contributed by atoms with Crippen LogP contribution in [0.15, 0.2) is 54.6 Å². The van der Waals surface area contributed by atoms with Gasteiger partial charge in [-0.1, -0.05) is 30.3 Å². The van der Waals surface area contributed by atoms with Crippen molar-refractivity contribution in [1.82, 2.24) is 10.6 Å². The third-order valence-electron chi connectivity index (χ3n) is 4.57. The van der Waals surface area contributed by atoms with Gasteiger partial charge in [0.05, 0.1) is 0 Å². The normalized spacial score (nSPS) is 18.4. The zero-order valence-corrected chi connectivity index (χ0v) is 14.9. The van der Waals surface area contributed by atoms with Gasteiger partial charge in [-0.2, -0.15) is 0 Å². The van der Waals surface area contributed by atoms with E-state index >= 15 is 0 Å². The van der Waals surface area contributed by atoms with Crippen molar-refractivity contribution in [3.8, 4) is 5.75 Å². The van der Waals surface area contributed by atoms with Crippen molar-refractivity contribution >= 4 is 6.41 Å². The summed E-state index contributed by atoms with van der Waals surface area (Å²) in [5, 5.41) is 14.7. The van der Waals surface area contributed by atoms with Gasteiger partial charge in [-0.05, 0) is 68.0 Å². The third-order valence-corrected chi connectivity index (χ3v) is 4.57. The Bertz CT molecular complexity index is 603. The minimum Gasteiger partial charge on any atom is -0.508 e. The van der Waals surface area contributed by atoms with Gasteiger partial charge in [-0.3, -0.25) is 4.79 Å². The fraction of sp³-hybridized carbons (Fsp3) is 0.381. The van der Waals surface area contributed by atoms with E-state index in [0.29, 0.717) is 6.04 Å². The summed E-state index contributed by atoms with van der Waals surface area (Å²) in [6.07, 6.45) is 5.72. The molecule has 2 aliphatic rings. The van der Waals surface area contributed by atoms with Crippen molar-refractivity contribution in [2.24, 2.45) is 0 Å². The highest BCUT2D eigenvalue weighted by Crippen LogP contribution is 2.21. The second-order valence-corrected chi connectivity index (χ2v) is 6.49. The molecular weight excluding hydrogens is 331 g/mol. The second-order valence-electron chi connectivity index (χ2n) is 6.49. The molecule has 0 spiro atoms. The maximum absolute atomic E-state index is 12.0. The second kappa shape index (κ2) is 11.3. The van der Waals surface area contributed by atoms with E-state index in [2.05, 4.69) is 41.0 Å². The molecule has 4 nitrogen and oxygen atoms in total. The minimum atomic E-state index is -0.331. The number of hydrogen-bond donors (Lipinski definition) is 3. The Kier molecular flexibility index (Phi) is 8.63. The van der Waals surface area contributed by atoms with Gasteiger partial charge in [0.15, 0.2) is 0 Å². The lowest BCUT2D eigenvalue weighted by Gasteiger charge is -2.23. The van der Waals surface area contributed by atoms with Crippen molar-refractivity contribution in [3.05, 3.63) is 66.0 Å². The molecule has 1 saturated carbocycles. The average Bonchev–Trinajstić information content (AvgIpc) is 3.17. The number of rotatable bonds is 3. The number of phenols is 1. The van der Waals surface area contributed by atoms with E-state index in [1.54, 1.807) is 0 Å². The number of aromatic hydroxyl groups is 1. The molecule has 3 N–H and O–H groups in total. The number of carbonyl (C=O) groups excluding carboxylic acids is 1. The highest BCUT2D eigenvalue weighted by Gasteiger charge is 2.15. The minimum absolute atomic E-state index is 0.0893. The molecule has 1 aliphatic carbocycles. The van der Waals surface area contributed by atoms with Gasteiger partial charge < -0.3 is 15.7 Å². The van der Waals surface area contributed by atoms with Crippen LogP contribution >= 0.6 is 0 Å². The number of nitrogens with one attached hydrogen (secondary N) is 2. The Morgan fingerprint density at radius 2 is 1.73 bits per heavy atom. The van der Waals surface area contributed by atoms with Gasteiger partial charge in [-0.15, -0.1) is 0 Å². The van der Waals surface area contributed by atoms with Crippen LogP contribution in [0.3, 0.4) is 0 Å². The molecule has 4 rings (SSSR count). The lowest BCUT2D eigenvalue weighted by Crippen LogP contribution is -2.33. The fourth-order valence-electron chi connectivity index (χ4n) is 2.78. The maximum Gasteiger partial charge on any atom is 0.207 e. The highest BCUT2D eigenvalue weighted by molar-refractivity contribution is 5.46. The first kappa shape index (κ1) is 19.9. The van der Waals surface area contributed by atoms with Crippen LogP contribution in [0.25, 0.3) is 0 Å². The molecule has 2 aromatic rings. The van der Waals surface area contributed by atoms with Gasteiger partial charge >= 0.3 is 0 Å². The highest BCUT2D eigenvalue weighted by atomic mass is 19.1. The maximum atomic E-state index is 12.0. The first-order valence-electron chi connectivity index (χ1n) is 9.09. The van der Waals surface area contributed by atoms with Crippen molar-refractivity contribution in [2.75, 3.05) is 13.1 Å². The van der Waals surface area contributed by atoms with Crippen molar-refractivity contribution < 1.29 is 14.3 Å². The molecule has 26 heavy (non-hydrogen) atoms. The monoisotopic (exact) mass is 358 g/mol. The van der Waals surface area contributed by atoms with Gasteiger partial charge in [0.1, 0.15) is 11.6 Å². The number of amides is 1. The van der Waals surface area contributed by atoms with Crippen molar-refractivity contribution in [3.63, 3.8) is 0 Å². The molecule has 1 unspecified atom stereocenters. The van der Waals surface area contributed by atoms with Gasteiger partial charge in [-0.25, -0.2) is 4.39 Å². The van der Waals surface area contributed by atoms with Crippen LogP contribution in [0.2, 0.25) is 0 Å². The molecule has 0 aromatic heterocycles. The van der Waals surface area contributed by atoms with Crippen molar-refractivity contribution in [1.29, 1.82) is 0 Å². The Balaban J connectivity index is 0.000000145. The Morgan fingerprint density at radius 3 is 2.15 bits per heavy atom. The van der Waals surface area contributed by atoms with Crippen LogP contribution in [0.5, 0.6) is 5.75 Å². The van der Waals surface area contributed by atoms with E-state index in [4.69, 9.17) is 5.11 Å². The summed E-state index contributed by atoms with van der Waals surface area (Å²) in [4.78, 5) is 9.70. The van der Waals surface area contributed by atoms with Crippen LogP contribution in [0.4, 0.5) is 4.39 Å². The number of hydrogen-bond acceptors (Lipinski definition) is 3. The molecule has 1 atom stereocenters. The Labute approximate surface area is 154 Å². The first-order valence-corrected chi connectivity index (χ1v) is 9.09. The van der Waals surface area contributed by atoms with Crippen LogP contribution < -0.4 is 10.6 Å². The molecule has 1 aliphatic heterocycles. The topological polar surface area (TPSA) is 61.4 Å². The predicted octanol–water partition coefficient (Wildman–Crippen LogP) is 3.58. The van der Waals surface area contributed by atoms with Crippen LogP contribution in [0.1, 0.15) is 37.2 Å². The zero-order chi connectivity index (χ0) is 18.6. The van der Waals surface area contributed by atoms with E-state index in [1.165, 1.54) is 62.1 Å². The number of phenolic OH excluding ortho intramolecular Hbond substituents is 1. The summed E-state index contributed by atoms with van der Waals surface area (Å²) in [5.74, 6) is 0.519. The van der Waals surface area contributed by atoms with Crippen LogP contribution in [-0.4, -0.2) is 30.6 Å². The summed E-state index contributed by atoms with van der Waals surface area (Å²) >= 11 is 0. The molecule has 0 bridgehead atoms. The smallest absolute Gasteiger partial charge is 0.207 e. The quantitative estimate of drug-likeness (QED) is 0.735. The van der Waals surface area contributed by atoms with E-state index in [0.717, 1.165) is 18.9 Å². The van der Waals surface area contributed by atoms with E-state index in [1.807, 2.05) is 0 Å².